The first-order chi connectivity index (χ1) is 8.31. The Morgan fingerprint density at radius 2 is 2.11 bits per heavy atom. The van der Waals surface area contributed by atoms with Gasteiger partial charge in [-0.15, -0.1) is 0 Å². The van der Waals surface area contributed by atoms with Crippen molar-refractivity contribution in [1.29, 1.82) is 0 Å². The average Bonchev–Trinajstić information content (AvgIpc) is 2.26. The van der Waals surface area contributed by atoms with Gasteiger partial charge in [-0.25, -0.2) is 0 Å². The van der Waals surface area contributed by atoms with Crippen molar-refractivity contribution in [3.05, 3.63) is 23.8 Å². The number of fused-ring (bicyclic) bond motifs is 1. The molecule has 18 heavy (non-hydrogen) atoms. The maximum atomic E-state index is 12.0. The molecular weight excluding hydrogens is 234 g/mol. The van der Waals surface area contributed by atoms with E-state index in [1.54, 1.807) is 39.1 Å². The van der Waals surface area contributed by atoms with Crippen LogP contribution in [0.1, 0.15) is 19.4 Å². The number of carboxylic acids is 1. The summed E-state index contributed by atoms with van der Waals surface area (Å²) in [5, 5.41) is 8.76. The van der Waals surface area contributed by atoms with Crippen molar-refractivity contribution in [1.82, 2.24) is 0 Å². The summed E-state index contributed by atoms with van der Waals surface area (Å²) in [6, 6.07) is 5.08. The fourth-order valence-corrected chi connectivity index (χ4v) is 2.03. The normalized spacial score (nSPS) is 17.1. The zero-order valence-electron chi connectivity index (χ0n) is 10.6. The zero-order chi connectivity index (χ0) is 13.5. The molecule has 1 amide bonds. The number of hydrogen-bond donors (Lipinski definition) is 1. The number of nitrogens with zero attached hydrogens (tertiary/aromatic N) is 1. The highest BCUT2D eigenvalue weighted by molar-refractivity contribution is 6.02. The highest BCUT2D eigenvalue weighted by Crippen LogP contribution is 2.37. The Morgan fingerprint density at radius 1 is 1.44 bits per heavy atom. The van der Waals surface area contributed by atoms with Crippen molar-refractivity contribution in [2.24, 2.45) is 0 Å². The number of aliphatic carboxylic acids is 1. The number of likely N-dealkylation sites (N-methyl/N-ethyl adjacent to an activating group) is 1. The molecule has 0 unspecified atom stereocenters. The van der Waals surface area contributed by atoms with Gasteiger partial charge in [-0.2, -0.15) is 0 Å². The summed E-state index contributed by atoms with van der Waals surface area (Å²) in [7, 11) is 1.66. The predicted molar refractivity (Wildman–Crippen MR) is 65.9 cm³/mol. The largest absolute Gasteiger partial charge is 0.481 e. The number of carbonyl (C=O) groups is 2. The fraction of sp³-hybridized carbons (Fsp3) is 0.385. The fourth-order valence-electron chi connectivity index (χ4n) is 2.03. The minimum Gasteiger partial charge on any atom is -0.481 e. The van der Waals surface area contributed by atoms with Crippen molar-refractivity contribution in [2.75, 3.05) is 11.9 Å². The van der Waals surface area contributed by atoms with Gasteiger partial charge >= 0.3 is 5.97 Å². The summed E-state index contributed by atoms with van der Waals surface area (Å²) < 4.78 is 5.62. The molecule has 1 aliphatic rings. The van der Waals surface area contributed by atoms with Gasteiger partial charge in [-0.3, -0.25) is 9.59 Å². The topological polar surface area (TPSA) is 66.8 Å². The third kappa shape index (κ3) is 2.03. The van der Waals surface area contributed by atoms with Gasteiger partial charge in [-0.1, -0.05) is 6.07 Å². The summed E-state index contributed by atoms with van der Waals surface area (Å²) >= 11 is 0. The SMILES string of the molecule is CN1C(=O)C(C)(C)Oc2ccc(CC(=O)O)cc21. The number of ether oxygens (including phenoxy) is 1. The molecule has 2 rings (SSSR count). The van der Waals surface area contributed by atoms with Crippen LogP contribution < -0.4 is 9.64 Å². The number of benzene rings is 1. The molecule has 0 saturated carbocycles. The predicted octanol–water partition coefficient (Wildman–Crippen LogP) is 1.45. The van der Waals surface area contributed by atoms with Crippen molar-refractivity contribution in [2.45, 2.75) is 25.9 Å². The number of hydrogen-bond acceptors (Lipinski definition) is 3. The van der Waals surface area contributed by atoms with Crippen LogP contribution in [0.15, 0.2) is 18.2 Å². The Hall–Kier alpha value is -2.04. The van der Waals surface area contributed by atoms with E-state index in [1.807, 2.05) is 0 Å². The van der Waals surface area contributed by atoms with E-state index < -0.39 is 11.6 Å². The van der Waals surface area contributed by atoms with Crippen molar-refractivity contribution >= 4 is 17.6 Å². The van der Waals surface area contributed by atoms with E-state index in [-0.39, 0.29) is 12.3 Å². The number of amides is 1. The van der Waals surface area contributed by atoms with Crippen LogP contribution in [0.3, 0.4) is 0 Å². The number of anilines is 1. The second-order valence-electron chi connectivity index (χ2n) is 4.85. The minimum absolute atomic E-state index is 0.0707. The lowest BCUT2D eigenvalue weighted by Gasteiger charge is -2.37. The number of rotatable bonds is 2. The van der Waals surface area contributed by atoms with Crippen LogP contribution in [0.5, 0.6) is 5.75 Å². The quantitative estimate of drug-likeness (QED) is 0.861. The Bertz CT molecular complexity index is 522. The van der Waals surface area contributed by atoms with Crippen LogP contribution in [-0.2, 0) is 16.0 Å². The molecule has 0 fully saturated rings. The molecule has 1 aliphatic heterocycles. The molecule has 0 radical (unpaired) electrons. The van der Waals surface area contributed by atoms with E-state index in [4.69, 9.17) is 9.84 Å². The van der Waals surface area contributed by atoms with Gasteiger partial charge in [0.05, 0.1) is 12.1 Å². The summed E-state index contributed by atoms with van der Waals surface area (Å²) in [6.07, 6.45) is -0.0707. The van der Waals surface area contributed by atoms with E-state index >= 15 is 0 Å². The summed E-state index contributed by atoms with van der Waals surface area (Å²) in [5.41, 5.74) is 0.359. The first kappa shape index (κ1) is 12.4. The van der Waals surface area contributed by atoms with Crippen LogP contribution in [0, 0.1) is 0 Å². The maximum Gasteiger partial charge on any atom is 0.307 e. The van der Waals surface area contributed by atoms with Crippen LogP contribution in [-0.4, -0.2) is 29.6 Å². The van der Waals surface area contributed by atoms with Gasteiger partial charge in [0.15, 0.2) is 5.60 Å². The van der Waals surface area contributed by atoms with Crippen LogP contribution in [0.25, 0.3) is 0 Å². The third-order valence-corrected chi connectivity index (χ3v) is 2.92. The lowest BCUT2D eigenvalue weighted by atomic mass is 10.0. The molecular formula is C13H15NO4. The molecule has 5 heteroatoms. The van der Waals surface area contributed by atoms with Crippen molar-refractivity contribution in [3.8, 4) is 5.75 Å². The Labute approximate surface area is 105 Å². The molecule has 1 aromatic carbocycles. The van der Waals surface area contributed by atoms with E-state index in [1.165, 1.54) is 4.90 Å². The highest BCUT2D eigenvalue weighted by atomic mass is 16.5. The Morgan fingerprint density at radius 3 is 2.72 bits per heavy atom. The molecule has 1 heterocycles. The molecule has 0 atom stereocenters. The molecule has 0 aromatic heterocycles. The third-order valence-electron chi connectivity index (χ3n) is 2.92. The van der Waals surface area contributed by atoms with E-state index in [9.17, 15) is 9.59 Å². The van der Waals surface area contributed by atoms with Gasteiger partial charge in [0.1, 0.15) is 5.75 Å². The minimum atomic E-state index is -0.902. The molecule has 0 spiro atoms. The van der Waals surface area contributed by atoms with Crippen LogP contribution in [0.2, 0.25) is 0 Å². The van der Waals surface area contributed by atoms with Gasteiger partial charge in [0.25, 0.3) is 5.91 Å². The van der Waals surface area contributed by atoms with Crippen LogP contribution in [0.4, 0.5) is 5.69 Å². The zero-order valence-corrected chi connectivity index (χ0v) is 10.6. The second-order valence-corrected chi connectivity index (χ2v) is 4.85. The number of carbonyl (C=O) groups excluding carboxylic acids is 1. The smallest absolute Gasteiger partial charge is 0.307 e. The van der Waals surface area contributed by atoms with Gasteiger partial charge in [0.2, 0.25) is 0 Å². The molecule has 0 bridgehead atoms. The lowest BCUT2D eigenvalue weighted by Crippen LogP contribution is -2.50. The standard InChI is InChI=1S/C13H15NO4/c1-13(2)12(17)14(3)9-6-8(7-11(15)16)4-5-10(9)18-13/h4-6H,7H2,1-3H3,(H,15,16). The lowest BCUT2D eigenvalue weighted by molar-refractivity contribution is -0.136. The van der Waals surface area contributed by atoms with E-state index in [0.29, 0.717) is 17.0 Å². The molecule has 96 valence electrons. The molecule has 1 aromatic rings. The monoisotopic (exact) mass is 249 g/mol. The van der Waals surface area contributed by atoms with E-state index in [0.717, 1.165) is 0 Å². The van der Waals surface area contributed by atoms with Crippen molar-refractivity contribution < 1.29 is 19.4 Å². The summed E-state index contributed by atoms with van der Waals surface area (Å²) in [5.74, 6) is -0.459. The van der Waals surface area contributed by atoms with E-state index in [2.05, 4.69) is 0 Å². The first-order valence-corrected chi connectivity index (χ1v) is 5.63. The second kappa shape index (κ2) is 4.01. The Kier molecular flexibility index (Phi) is 2.77. The first-order valence-electron chi connectivity index (χ1n) is 5.63. The van der Waals surface area contributed by atoms with Crippen LogP contribution >= 0.6 is 0 Å². The highest BCUT2D eigenvalue weighted by Gasteiger charge is 2.39. The maximum absolute atomic E-state index is 12.0. The molecule has 0 saturated heterocycles. The van der Waals surface area contributed by atoms with Gasteiger partial charge in [-0.05, 0) is 31.5 Å². The summed E-state index contributed by atoms with van der Waals surface area (Å²) in [6.45, 7) is 3.42. The summed E-state index contributed by atoms with van der Waals surface area (Å²) in [4.78, 5) is 24.2. The van der Waals surface area contributed by atoms with Gasteiger partial charge < -0.3 is 14.7 Å². The average molecular weight is 249 g/mol. The molecule has 5 nitrogen and oxygen atoms in total. The molecule has 0 aliphatic carbocycles. The Balaban J connectivity index is 2.42. The van der Waals surface area contributed by atoms with Crippen molar-refractivity contribution in [3.63, 3.8) is 0 Å². The number of carboxylic acid groups (broad SMARTS) is 1. The molecule has 1 N–H and O–H groups in total. The van der Waals surface area contributed by atoms with Gasteiger partial charge in [0, 0.05) is 7.05 Å².